The first-order chi connectivity index (χ1) is 15.3. The van der Waals surface area contributed by atoms with Gasteiger partial charge in [0, 0.05) is 40.3 Å². The van der Waals surface area contributed by atoms with E-state index < -0.39 is 0 Å². The zero-order valence-electron chi connectivity index (χ0n) is 16.3. The van der Waals surface area contributed by atoms with Gasteiger partial charge in [0.15, 0.2) is 0 Å². The third kappa shape index (κ3) is 2.23. The first-order valence-electron chi connectivity index (χ1n) is 10.3. The van der Waals surface area contributed by atoms with E-state index in [1.54, 1.807) is 0 Å². The Hall–Kier alpha value is -2.98. The molecule has 0 nitrogen and oxygen atoms in total. The van der Waals surface area contributed by atoms with Gasteiger partial charge >= 0.3 is 0 Å². The minimum Gasteiger partial charge on any atom is -0.135 e. The van der Waals surface area contributed by atoms with Crippen molar-refractivity contribution in [1.29, 1.82) is 0 Å². The predicted octanol–water partition coefficient (Wildman–Crippen LogP) is 9.94. The molecule has 0 spiro atoms. The molecule has 0 radical (unpaired) electrons. The molecule has 3 heteroatoms. The number of fused-ring (bicyclic) bond motifs is 10. The van der Waals surface area contributed by atoms with Crippen LogP contribution in [0.1, 0.15) is 0 Å². The van der Waals surface area contributed by atoms with Crippen molar-refractivity contribution in [2.24, 2.45) is 0 Å². The van der Waals surface area contributed by atoms with Crippen molar-refractivity contribution in [3.8, 4) is 0 Å². The number of rotatable bonds is 0. The number of thiophene rings is 3. The highest BCUT2D eigenvalue weighted by Gasteiger charge is 2.15. The van der Waals surface area contributed by atoms with Crippen molar-refractivity contribution in [3.05, 3.63) is 84.9 Å². The van der Waals surface area contributed by atoms with Gasteiger partial charge in [-0.05, 0) is 64.0 Å². The van der Waals surface area contributed by atoms with Gasteiger partial charge in [0.25, 0.3) is 0 Å². The van der Waals surface area contributed by atoms with Crippen LogP contribution < -0.4 is 0 Å². The van der Waals surface area contributed by atoms with Crippen LogP contribution in [0.15, 0.2) is 84.9 Å². The van der Waals surface area contributed by atoms with Crippen LogP contribution >= 0.6 is 34.0 Å². The van der Waals surface area contributed by atoms with Gasteiger partial charge in [-0.25, -0.2) is 0 Å². The molecule has 31 heavy (non-hydrogen) atoms. The molecule has 3 aromatic heterocycles. The van der Waals surface area contributed by atoms with Gasteiger partial charge in [-0.1, -0.05) is 42.5 Å². The summed E-state index contributed by atoms with van der Waals surface area (Å²) in [7, 11) is 0. The molecule has 0 amide bonds. The summed E-state index contributed by atoms with van der Waals surface area (Å²) >= 11 is 5.81. The molecule has 0 saturated carbocycles. The standard InChI is InChI=1S/C28H14S3/c1-2-6-16-10-18-12-24-21(11-17(18)9-15(16)5-1)27-28(30-24)22-14-25-20(13-26(22)31-27)19-7-3-4-8-23(19)29-25/h1-14H. The highest BCUT2D eigenvalue weighted by Crippen LogP contribution is 2.48. The van der Waals surface area contributed by atoms with E-state index in [2.05, 4.69) is 84.9 Å². The Morgan fingerprint density at radius 1 is 0.355 bits per heavy atom. The maximum Gasteiger partial charge on any atom is 0.0542 e. The van der Waals surface area contributed by atoms with Crippen molar-refractivity contribution in [3.63, 3.8) is 0 Å². The molecule has 144 valence electrons. The number of hydrogen-bond donors (Lipinski definition) is 0. The summed E-state index contributed by atoms with van der Waals surface area (Å²) in [5.41, 5.74) is 0. The largest absolute Gasteiger partial charge is 0.135 e. The lowest BCUT2D eigenvalue weighted by atomic mass is 10.0. The molecule has 0 unspecified atom stereocenters. The van der Waals surface area contributed by atoms with Crippen molar-refractivity contribution >= 4 is 105 Å². The van der Waals surface area contributed by atoms with Crippen LogP contribution in [0.2, 0.25) is 0 Å². The second kappa shape index (κ2) is 5.83. The molecule has 0 fully saturated rings. The van der Waals surface area contributed by atoms with Gasteiger partial charge in [0.1, 0.15) is 0 Å². The molecule has 0 aliphatic heterocycles. The van der Waals surface area contributed by atoms with Crippen LogP contribution in [0.25, 0.3) is 71.3 Å². The van der Waals surface area contributed by atoms with Crippen LogP contribution in [0.3, 0.4) is 0 Å². The van der Waals surface area contributed by atoms with Gasteiger partial charge < -0.3 is 0 Å². The normalized spacial score (nSPS) is 12.5. The topological polar surface area (TPSA) is 0 Å². The van der Waals surface area contributed by atoms with E-state index in [0.29, 0.717) is 0 Å². The fourth-order valence-corrected chi connectivity index (χ4v) is 8.73. The minimum atomic E-state index is 1.31. The third-order valence-corrected chi connectivity index (χ3v) is 10.0. The lowest BCUT2D eigenvalue weighted by Gasteiger charge is -2.03. The lowest BCUT2D eigenvalue weighted by molar-refractivity contribution is 1.80. The molecule has 0 aliphatic carbocycles. The fraction of sp³-hybridized carbons (Fsp3) is 0. The predicted molar refractivity (Wildman–Crippen MR) is 143 cm³/mol. The number of benzene rings is 5. The summed E-state index contributed by atoms with van der Waals surface area (Å²) in [6, 6.07) is 31.7. The highest BCUT2D eigenvalue weighted by atomic mass is 32.1. The van der Waals surface area contributed by atoms with E-state index in [-0.39, 0.29) is 0 Å². The lowest BCUT2D eigenvalue weighted by Crippen LogP contribution is -1.76. The molecule has 3 heterocycles. The summed E-state index contributed by atoms with van der Waals surface area (Å²) in [6.07, 6.45) is 0. The molecule has 0 aliphatic rings. The molecular formula is C28H14S3. The molecular weight excluding hydrogens is 433 g/mol. The zero-order valence-corrected chi connectivity index (χ0v) is 18.8. The van der Waals surface area contributed by atoms with Crippen LogP contribution in [0.5, 0.6) is 0 Å². The van der Waals surface area contributed by atoms with Crippen molar-refractivity contribution < 1.29 is 0 Å². The monoisotopic (exact) mass is 446 g/mol. The van der Waals surface area contributed by atoms with Crippen LogP contribution in [-0.4, -0.2) is 0 Å². The van der Waals surface area contributed by atoms with E-state index in [0.717, 1.165) is 0 Å². The first kappa shape index (κ1) is 16.7. The van der Waals surface area contributed by atoms with E-state index >= 15 is 0 Å². The molecule has 5 aromatic carbocycles. The second-order valence-electron chi connectivity index (χ2n) is 8.20. The molecule has 0 N–H and O–H groups in total. The van der Waals surface area contributed by atoms with Crippen molar-refractivity contribution in [2.75, 3.05) is 0 Å². The summed E-state index contributed by atoms with van der Waals surface area (Å²) in [6.45, 7) is 0. The Balaban J connectivity index is 1.48. The average Bonchev–Trinajstić information content (AvgIpc) is 3.44. The maximum absolute atomic E-state index is 2.43. The SMILES string of the molecule is c1ccc2cc3cc4c(cc3cc2c1)sc1c2cc3sc5ccccc5c3cc2sc41. The Kier molecular flexibility index (Phi) is 3.14. The molecule has 8 rings (SSSR count). The fourth-order valence-electron chi connectivity index (χ4n) is 4.91. The highest BCUT2D eigenvalue weighted by molar-refractivity contribution is 7.36. The molecule has 8 aromatic rings. The average molecular weight is 447 g/mol. The summed E-state index contributed by atoms with van der Waals surface area (Å²) in [5, 5.41) is 10.9. The van der Waals surface area contributed by atoms with Crippen LogP contribution in [0, 0.1) is 0 Å². The zero-order chi connectivity index (χ0) is 20.1. The Labute approximate surface area is 189 Å². The summed E-state index contributed by atoms with van der Waals surface area (Å²) < 4.78 is 8.43. The first-order valence-corrected chi connectivity index (χ1v) is 12.8. The van der Waals surface area contributed by atoms with Crippen LogP contribution in [0.4, 0.5) is 0 Å². The van der Waals surface area contributed by atoms with Gasteiger partial charge in [0.2, 0.25) is 0 Å². The third-order valence-electron chi connectivity index (χ3n) is 6.40. The Morgan fingerprint density at radius 2 is 0.935 bits per heavy atom. The number of hydrogen-bond acceptors (Lipinski definition) is 3. The minimum absolute atomic E-state index is 1.31. The summed E-state index contributed by atoms with van der Waals surface area (Å²) in [5.74, 6) is 0. The summed E-state index contributed by atoms with van der Waals surface area (Å²) in [4.78, 5) is 0. The maximum atomic E-state index is 2.43. The van der Waals surface area contributed by atoms with Crippen molar-refractivity contribution in [2.45, 2.75) is 0 Å². The van der Waals surface area contributed by atoms with Crippen LogP contribution in [-0.2, 0) is 0 Å². The van der Waals surface area contributed by atoms with Gasteiger partial charge in [0.05, 0.1) is 9.40 Å². The molecule has 0 atom stereocenters. The van der Waals surface area contributed by atoms with E-state index in [1.807, 2.05) is 34.0 Å². The van der Waals surface area contributed by atoms with E-state index in [4.69, 9.17) is 0 Å². The quantitative estimate of drug-likeness (QED) is 0.203. The van der Waals surface area contributed by atoms with Crippen molar-refractivity contribution in [1.82, 2.24) is 0 Å². The molecule has 0 saturated heterocycles. The van der Waals surface area contributed by atoms with E-state index in [9.17, 15) is 0 Å². The smallest absolute Gasteiger partial charge is 0.0542 e. The molecule has 0 bridgehead atoms. The van der Waals surface area contributed by atoms with E-state index in [1.165, 1.54) is 71.3 Å². The van der Waals surface area contributed by atoms with Gasteiger partial charge in [-0.3, -0.25) is 0 Å². The second-order valence-corrected chi connectivity index (χ2v) is 11.4. The Bertz CT molecular complexity index is 1990. The Morgan fingerprint density at radius 3 is 1.74 bits per heavy atom. The van der Waals surface area contributed by atoms with Gasteiger partial charge in [-0.2, -0.15) is 0 Å². The van der Waals surface area contributed by atoms with Gasteiger partial charge in [-0.15, -0.1) is 34.0 Å².